The highest BCUT2D eigenvalue weighted by atomic mass is 16.5. The van der Waals surface area contributed by atoms with E-state index in [4.69, 9.17) is 4.74 Å². The van der Waals surface area contributed by atoms with E-state index in [1.807, 2.05) is 31.2 Å². The summed E-state index contributed by atoms with van der Waals surface area (Å²) in [5.74, 6) is 6.63. The number of rotatable bonds is 1. The molecular weight excluding hydrogens is 136 g/mol. The van der Waals surface area contributed by atoms with Crippen LogP contribution in [-0.2, 0) is 0 Å². The first-order valence-electron chi connectivity index (χ1n) is 3.43. The molecule has 0 amide bonds. The molecule has 0 atom stereocenters. The molecular formula is C10H10O. The summed E-state index contributed by atoms with van der Waals surface area (Å²) in [6, 6.07) is 7.70. The second-order valence-electron chi connectivity index (χ2n) is 2.11. The topological polar surface area (TPSA) is 9.23 Å². The van der Waals surface area contributed by atoms with Crippen molar-refractivity contribution < 1.29 is 4.74 Å². The van der Waals surface area contributed by atoms with E-state index in [1.54, 1.807) is 7.11 Å². The summed E-state index contributed by atoms with van der Waals surface area (Å²) in [7, 11) is 1.65. The average Bonchev–Trinajstić information content (AvgIpc) is 2.06. The van der Waals surface area contributed by atoms with Crippen LogP contribution in [0.25, 0.3) is 0 Å². The van der Waals surface area contributed by atoms with Crippen LogP contribution in [0, 0.1) is 11.8 Å². The zero-order chi connectivity index (χ0) is 8.10. The maximum Gasteiger partial charge on any atom is 0.120 e. The molecule has 0 saturated carbocycles. The molecule has 0 aliphatic heterocycles. The van der Waals surface area contributed by atoms with Crippen molar-refractivity contribution in [3.63, 3.8) is 0 Å². The number of hydrogen-bond acceptors (Lipinski definition) is 1. The average molecular weight is 146 g/mol. The quantitative estimate of drug-likeness (QED) is 0.551. The zero-order valence-corrected chi connectivity index (χ0v) is 6.72. The molecule has 1 nitrogen and oxygen atoms in total. The van der Waals surface area contributed by atoms with Gasteiger partial charge in [0.05, 0.1) is 7.11 Å². The van der Waals surface area contributed by atoms with Crippen LogP contribution in [0.15, 0.2) is 24.3 Å². The number of ether oxygens (including phenoxy) is 1. The first kappa shape index (κ1) is 7.68. The molecule has 1 heteroatoms. The third-order valence-electron chi connectivity index (χ3n) is 1.34. The van der Waals surface area contributed by atoms with Gasteiger partial charge < -0.3 is 4.74 Å². The van der Waals surface area contributed by atoms with Crippen molar-refractivity contribution >= 4 is 0 Å². The van der Waals surface area contributed by atoms with Crippen LogP contribution in [0.3, 0.4) is 0 Å². The molecule has 56 valence electrons. The van der Waals surface area contributed by atoms with Gasteiger partial charge in [0.15, 0.2) is 0 Å². The SMILES string of the molecule is CC#Cc1cccc(OC)c1. The summed E-state index contributed by atoms with van der Waals surface area (Å²) in [6.45, 7) is 1.82. The van der Waals surface area contributed by atoms with Gasteiger partial charge in [0.1, 0.15) is 5.75 Å². The molecule has 11 heavy (non-hydrogen) atoms. The van der Waals surface area contributed by atoms with Gasteiger partial charge in [-0.25, -0.2) is 0 Å². The first-order chi connectivity index (χ1) is 5.36. The van der Waals surface area contributed by atoms with Crippen LogP contribution in [0.1, 0.15) is 12.5 Å². The van der Waals surface area contributed by atoms with Gasteiger partial charge in [-0.2, -0.15) is 0 Å². The van der Waals surface area contributed by atoms with Crippen molar-refractivity contribution in [1.82, 2.24) is 0 Å². The van der Waals surface area contributed by atoms with Crippen molar-refractivity contribution in [3.8, 4) is 17.6 Å². The molecule has 0 heterocycles. The molecule has 0 aliphatic carbocycles. The standard InChI is InChI=1S/C10H10O/c1-3-5-9-6-4-7-10(8-9)11-2/h4,6-8H,1-2H3. The largest absolute Gasteiger partial charge is 0.497 e. The molecule has 1 aromatic rings. The third kappa shape index (κ3) is 2.01. The molecule has 0 N–H and O–H groups in total. The smallest absolute Gasteiger partial charge is 0.120 e. The third-order valence-corrected chi connectivity index (χ3v) is 1.34. The Morgan fingerprint density at radius 3 is 2.82 bits per heavy atom. The second kappa shape index (κ2) is 3.68. The van der Waals surface area contributed by atoms with Gasteiger partial charge in [0.2, 0.25) is 0 Å². The first-order valence-corrected chi connectivity index (χ1v) is 3.43. The Labute approximate surface area is 67.0 Å². The lowest BCUT2D eigenvalue weighted by atomic mass is 10.2. The molecule has 0 fully saturated rings. The maximum atomic E-state index is 5.03. The van der Waals surface area contributed by atoms with E-state index < -0.39 is 0 Å². The van der Waals surface area contributed by atoms with Crippen molar-refractivity contribution in [2.24, 2.45) is 0 Å². The Kier molecular flexibility index (Phi) is 2.57. The van der Waals surface area contributed by atoms with E-state index >= 15 is 0 Å². The number of hydrogen-bond donors (Lipinski definition) is 0. The summed E-state index contributed by atoms with van der Waals surface area (Å²) in [5, 5.41) is 0. The lowest BCUT2D eigenvalue weighted by molar-refractivity contribution is 0.414. The van der Waals surface area contributed by atoms with E-state index in [1.165, 1.54) is 0 Å². The minimum atomic E-state index is 0.852. The van der Waals surface area contributed by atoms with Crippen LogP contribution in [-0.4, -0.2) is 7.11 Å². The summed E-state index contributed by atoms with van der Waals surface area (Å²) in [4.78, 5) is 0. The molecule has 0 saturated heterocycles. The Morgan fingerprint density at radius 2 is 2.18 bits per heavy atom. The summed E-state index contributed by atoms with van der Waals surface area (Å²) < 4.78 is 5.03. The van der Waals surface area contributed by atoms with Gasteiger partial charge in [0.25, 0.3) is 0 Å². The normalized spacial score (nSPS) is 8.18. The van der Waals surface area contributed by atoms with Crippen molar-refractivity contribution in [2.75, 3.05) is 7.11 Å². The fraction of sp³-hybridized carbons (Fsp3) is 0.200. The Bertz CT molecular complexity index is 291. The van der Waals surface area contributed by atoms with E-state index in [0.29, 0.717) is 0 Å². The maximum absolute atomic E-state index is 5.03. The van der Waals surface area contributed by atoms with Gasteiger partial charge in [-0.1, -0.05) is 12.0 Å². The van der Waals surface area contributed by atoms with Gasteiger partial charge in [-0.15, -0.1) is 5.92 Å². The van der Waals surface area contributed by atoms with Gasteiger partial charge in [-0.3, -0.25) is 0 Å². The van der Waals surface area contributed by atoms with Crippen LogP contribution < -0.4 is 4.74 Å². The van der Waals surface area contributed by atoms with E-state index in [-0.39, 0.29) is 0 Å². The molecule has 1 rings (SSSR count). The minimum Gasteiger partial charge on any atom is -0.497 e. The minimum absolute atomic E-state index is 0.852. The van der Waals surface area contributed by atoms with Crippen LogP contribution in [0.5, 0.6) is 5.75 Å². The Morgan fingerprint density at radius 1 is 1.36 bits per heavy atom. The molecule has 0 aliphatic rings. The fourth-order valence-electron chi connectivity index (χ4n) is 0.845. The zero-order valence-electron chi connectivity index (χ0n) is 6.72. The summed E-state index contributed by atoms with van der Waals surface area (Å²) in [5.41, 5.74) is 0.992. The fourth-order valence-corrected chi connectivity index (χ4v) is 0.845. The molecule has 0 radical (unpaired) electrons. The molecule has 1 aromatic carbocycles. The van der Waals surface area contributed by atoms with E-state index in [2.05, 4.69) is 11.8 Å². The van der Waals surface area contributed by atoms with Gasteiger partial charge in [-0.05, 0) is 25.1 Å². The van der Waals surface area contributed by atoms with Crippen LogP contribution in [0.2, 0.25) is 0 Å². The second-order valence-corrected chi connectivity index (χ2v) is 2.11. The predicted octanol–water partition coefficient (Wildman–Crippen LogP) is 2.07. The Balaban J connectivity index is 2.97. The van der Waals surface area contributed by atoms with Crippen molar-refractivity contribution in [1.29, 1.82) is 0 Å². The predicted molar refractivity (Wildman–Crippen MR) is 45.5 cm³/mol. The monoisotopic (exact) mass is 146 g/mol. The van der Waals surface area contributed by atoms with Crippen molar-refractivity contribution in [2.45, 2.75) is 6.92 Å². The number of methoxy groups -OCH3 is 1. The van der Waals surface area contributed by atoms with E-state index in [9.17, 15) is 0 Å². The molecule has 0 unspecified atom stereocenters. The highest BCUT2D eigenvalue weighted by molar-refractivity contribution is 5.39. The summed E-state index contributed by atoms with van der Waals surface area (Å²) in [6.07, 6.45) is 0. The van der Waals surface area contributed by atoms with Gasteiger partial charge in [0, 0.05) is 5.56 Å². The highest BCUT2D eigenvalue weighted by Crippen LogP contribution is 2.10. The van der Waals surface area contributed by atoms with E-state index in [0.717, 1.165) is 11.3 Å². The summed E-state index contributed by atoms with van der Waals surface area (Å²) >= 11 is 0. The Hall–Kier alpha value is -1.42. The molecule has 0 spiro atoms. The van der Waals surface area contributed by atoms with Crippen LogP contribution in [0.4, 0.5) is 0 Å². The van der Waals surface area contributed by atoms with Crippen molar-refractivity contribution in [3.05, 3.63) is 29.8 Å². The lowest BCUT2D eigenvalue weighted by Crippen LogP contribution is -1.82. The van der Waals surface area contributed by atoms with Gasteiger partial charge >= 0.3 is 0 Å². The number of benzene rings is 1. The highest BCUT2D eigenvalue weighted by Gasteiger charge is 1.89. The van der Waals surface area contributed by atoms with Crippen LogP contribution >= 0.6 is 0 Å². The molecule has 0 bridgehead atoms. The molecule has 0 aromatic heterocycles. The lowest BCUT2D eigenvalue weighted by Gasteiger charge is -1.97.